The zero-order chi connectivity index (χ0) is 7.42. The highest BCUT2D eigenvalue weighted by Crippen LogP contribution is 2.40. The van der Waals surface area contributed by atoms with Crippen LogP contribution in [0.25, 0.3) is 0 Å². The summed E-state index contributed by atoms with van der Waals surface area (Å²) in [5, 5.41) is 0. The van der Waals surface area contributed by atoms with Gasteiger partial charge in [0.1, 0.15) is 5.78 Å². The largest absolute Gasteiger partial charge is 0.302 e. The summed E-state index contributed by atoms with van der Waals surface area (Å²) in [6.45, 7) is 3.43. The number of hydrogen-bond donors (Lipinski definition) is 0. The second-order valence-corrected chi connectivity index (χ2v) is 4.35. The lowest BCUT2D eigenvalue weighted by Crippen LogP contribution is -2.58. The van der Waals surface area contributed by atoms with Gasteiger partial charge in [0.2, 0.25) is 0 Å². The van der Waals surface area contributed by atoms with Gasteiger partial charge in [-0.3, -0.25) is 4.79 Å². The Hall–Kier alpha value is -0.305. The van der Waals surface area contributed by atoms with E-state index in [9.17, 15) is 4.79 Å². The van der Waals surface area contributed by atoms with Gasteiger partial charge in [0, 0.05) is 31.5 Å². The van der Waals surface area contributed by atoms with E-state index in [1.165, 1.54) is 19.4 Å². The SMILES string of the molecule is B.O=C1C2CC3CC1CN(C3)C2. The first-order chi connectivity index (χ1) is 5.33. The van der Waals surface area contributed by atoms with Gasteiger partial charge in [0.15, 0.2) is 0 Å². The van der Waals surface area contributed by atoms with E-state index >= 15 is 0 Å². The maximum absolute atomic E-state index is 11.5. The molecule has 4 aliphatic rings. The Kier molecular flexibility index (Phi) is 1.79. The zero-order valence-electron chi connectivity index (χ0n) is 6.62. The summed E-state index contributed by atoms with van der Waals surface area (Å²) in [6.07, 6.45) is 2.40. The molecule has 4 rings (SSSR count). The van der Waals surface area contributed by atoms with Crippen LogP contribution in [0.1, 0.15) is 12.8 Å². The molecule has 3 heterocycles. The number of rotatable bonds is 0. The number of carbonyl (C=O) groups excluding carboxylic acids is 1. The minimum absolute atomic E-state index is 0. The van der Waals surface area contributed by atoms with Gasteiger partial charge < -0.3 is 4.90 Å². The molecule has 4 bridgehead atoms. The molecule has 3 saturated heterocycles. The van der Waals surface area contributed by atoms with Crippen LogP contribution < -0.4 is 0 Å². The number of Topliss-reactive ketones (excluding diaryl/α,β-unsaturated/α-hetero) is 1. The van der Waals surface area contributed by atoms with Gasteiger partial charge >= 0.3 is 0 Å². The molecule has 0 aromatic rings. The van der Waals surface area contributed by atoms with Gasteiger partial charge in [-0.2, -0.15) is 0 Å². The molecule has 3 aliphatic heterocycles. The summed E-state index contributed by atoms with van der Waals surface area (Å²) < 4.78 is 0. The summed E-state index contributed by atoms with van der Waals surface area (Å²) in [6, 6.07) is 0. The van der Waals surface area contributed by atoms with Gasteiger partial charge in [-0.15, -0.1) is 0 Å². The molecule has 2 nitrogen and oxygen atoms in total. The molecule has 1 saturated carbocycles. The van der Waals surface area contributed by atoms with Crippen molar-refractivity contribution in [3.8, 4) is 0 Å². The van der Waals surface area contributed by atoms with E-state index < -0.39 is 0 Å². The summed E-state index contributed by atoms with van der Waals surface area (Å²) in [5.41, 5.74) is 0. The van der Waals surface area contributed by atoms with Crippen LogP contribution >= 0.6 is 0 Å². The molecule has 3 heteroatoms. The lowest BCUT2D eigenvalue weighted by molar-refractivity contribution is -0.142. The van der Waals surface area contributed by atoms with Crippen LogP contribution in [0.2, 0.25) is 0 Å². The molecule has 0 aromatic carbocycles. The third kappa shape index (κ3) is 0.956. The number of carbonyl (C=O) groups is 1. The van der Waals surface area contributed by atoms with E-state index in [0.717, 1.165) is 19.0 Å². The minimum atomic E-state index is 0. The predicted molar refractivity (Wildman–Crippen MR) is 51.1 cm³/mol. The molecule has 66 valence electrons. The number of hydrogen-bond acceptors (Lipinski definition) is 2. The van der Waals surface area contributed by atoms with E-state index in [1.807, 2.05) is 0 Å². The smallest absolute Gasteiger partial charge is 0.141 e. The molecule has 2 unspecified atom stereocenters. The summed E-state index contributed by atoms with van der Waals surface area (Å²) in [4.78, 5) is 14.0. The zero-order valence-corrected chi connectivity index (χ0v) is 6.62. The molecule has 12 heavy (non-hydrogen) atoms. The highest BCUT2D eigenvalue weighted by atomic mass is 16.1. The van der Waals surface area contributed by atoms with Crippen molar-refractivity contribution in [2.24, 2.45) is 17.8 Å². The topological polar surface area (TPSA) is 20.3 Å². The first-order valence-electron chi connectivity index (χ1n) is 4.59. The van der Waals surface area contributed by atoms with Crippen LogP contribution in [0.3, 0.4) is 0 Å². The fourth-order valence-corrected chi connectivity index (χ4v) is 3.16. The van der Waals surface area contributed by atoms with Gasteiger partial charge in [-0.05, 0) is 18.8 Å². The highest BCUT2D eigenvalue weighted by molar-refractivity contribution is 5.85. The van der Waals surface area contributed by atoms with Crippen molar-refractivity contribution >= 4 is 14.2 Å². The van der Waals surface area contributed by atoms with Crippen LogP contribution in [-0.2, 0) is 4.79 Å². The van der Waals surface area contributed by atoms with E-state index in [1.54, 1.807) is 0 Å². The van der Waals surface area contributed by atoms with Gasteiger partial charge in [-0.25, -0.2) is 0 Å². The Labute approximate surface area is 74.9 Å². The normalized spacial score (nSPS) is 49.2. The summed E-state index contributed by atoms with van der Waals surface area (Å²) in [7, 11) is 0. The highest BCUT2D eigenvalue weighted by Gasteiger charge is 2.46. The Morgan fingerprint density at radius 3 is 2.17 bits per heavy atom. The Balaban J connectivity index is 0.000000563. The Morgan fingerprint density at radius 1 is 1.08 bits per heavy atom. The second kappa shape index (κ2) is 2.59. The molecule has 0 radical (unpaired) electrons. The van der Waals surface area contributed by atoms with Crippen molar-refractivity contribution in [3.63, 3.8) is 0 Å². The van der Waals surface area contributed by atoms with Gasteiger partial charge in [-0.1, -0.05) is 0 Å². The second-order valence-electron chi connectivity index (χ2n) is 4.35. The monoisotopic (exact) mass is 165 g/mol. The molecular formula is C9H16BNO. The molecular weight excluding hydrogens is 149 g/mol. The van der Waals surface area contributed by atoms with Crippen molar-refractivity contribution in [1.29, 1.82) is 0 Å². The molecule has 0 N–H and O–H groups in total. The van der Waals surface area contributed by atoms with Crippen LogP contribution in [0.5, 0.6) is 0 Å². The fourth-order valence-electron chi connectivity index (χ4n) is 3.16. The maximum atomic E-state index is 11.5. The molecule has 0 aromatic heterocycles. The fraction of sp³-hybridized carbons (Fsp3) is 0.889. The first-order valence-corrected chi connectivity index (χ1v) is 4.59. The van der Waals surface area contributed by atoms with E-state index in [0.29, 0.717) is 17.6 Å². The predicted octanol–water partition coefficient (Wildman–Crippen LogP) is -0.657. The number of piperidine rings is 3. The lowest BCUT2D eigenvalue weighted by atomic mass is 9.67. The molecule has 0 spiro atoms. The number of nitrogens with zero attached hydrogens (tertiary/aromatic N) is 1. The van der Waals surface area contributed by atoms with Gasteiger partial charge in [0.05, 0.1) is 8.41 Å². The maximum Gasteiger partial charge on any atom is 0.141 e. The Bertz CT molecular complexity index is 187. The average Bonchev–Trinajstić information content (AvgIpc) is 1.98. The van der Waals surface area contributed by atoms with Crippen LogP contribution in [0, 0.1) is 17.8 Å². The number of ketones is 1. The molecule has 0 amide bonds. The van der Waals surface area contributed by atoms with Crippen molar-refractivity contribution < 1.29 is 4.79 Å². The molecule has 2 atom stereocenters. The van der Waals surface area contributed by atoms with E-state index in [-0.39, 0.29) is 8.41 Å². The van der Waals surface area contributed by atoms with Crippen molar-refractivity contribution in [3.05, 3.63) is 0 Å². The standard InChI is InChI=1S/C9H13NO.BH3/c11-9-7-1-6-2-8(9)5-10(3-6)4-7;/h6-8H,1-5H2;1H3. The van der Waals surface area contributed by atoms with Crippen LogP contribution in [-0.4, -0.2) is 38.7 Å². The van der Waals surface area contributed by atoms with E-state index in [4.69, 9.17) is 0 Å². The Morgan fingerprint density at radius 2 is 1.67 bits per heavy atom. The third-order valence-corrected chi connectivity index (χ3v) is 3.51. The van der Waals surface area contributed by atoms with Crippen molar-refractivity contribution in [2.75, 3.05) is 19.6 Å². The van der Waals surface area contributed by atoms with Crippen LogP contribution in [0.4, 0.5) is 0 Å². The molecule has 4 fully saturated rings. The average molecular weight is 165 g/mol. The summed E-state index contributed by atoms with van der Waals surface area (Å²) >= 11 is 0. The lowest BCUT2D eigenvalue weighted by Gasteiger charge is -2.50. The third-order valence-electron chi connectivity index (χ3n) is 3.51. The summed E-state index contributed by atoms with van der Waals surface area (Å²) in [5.74, 6) is 2.31. The first kappa shape index (κ1) is 8.30. The van der Waals surface area contributed by atoms with Crippen molar-refractivity contribution in [1.82, 2.24) is 4.90 Å². The van der Waals surface area contributed by atoms with Crippen molar-refractivity contribution in [2.45, 2.75) is 12.8 Å². The molecule has 1 aliphatic carbocycles. The van der Waals surface area contributed by atoms with E-state index in [2.05, 4.69) is 4.90 Å². The van der Waals surface area contributed by atoms with Crippen LogP contribution in [0.15, 0.2) is 0 Å². The van der Waals surface area contributed by atoms with Gasteiger partial charge in [0.25, 0.3) is 0 Å². The quantitative estimate of drug-likeness (QED) is 0.444. The minimum Gasteiger partial charge on any atom is -0.302 e.